The number of rotatable bonds is 4. The van der Waals surface area contributed by atoms with Crippen molar-refractivity contribution in [2.24, 2.45) is 0 Å². The number of aromatic nitrogens is 3. The number of hydrogen-bond donors (Lipinski definition) is 1. The Morgan fingerprint density at radius 2 is 1.93 bits per heavy atom. The van der Waals surface area contributed by atoms with Crippen molar-refractivity contribution in [1.29, 1.82) is 0 Å². The second-order valence-electron chi connectivity index (χ2n) is 6.61. The molecule has 0 radical (unpaired) electrons. The van der Waals surface area contributed by atoms with Crippen LogP contribution >= 0.6 is 11.3 Å². The molecule has 1 aliphatic heterocycles. The average Bonchev–Trinajstić information content (AvgIpc) is 3.15. The van der Waals surface area contributed by atoms with Gasteiger partial charge in [0.05, 0.1) is 11.2 Å². The number of carbonyl (C=O) groups excluding carboxylic acids is 1. The predicted molar refractivity (Wildman–Crippen MR) is 106 cm³/mol. The van der Waals surface area contributed by atoms with E-state index >= 15 is 0 Å². The summed E-state index contributed by atoms with van der Waals surface area (Å²) in [6.07, 6.45) is 5.29. The number of nitrogens with zero attached hydrogens (tertiary/aromatic N) is 4. The molecule has 0 atom stereocenters. The Balaban J connectivity index is 1.39. The normalized spacial score (nSPS) is 14.9. The molecule has 2 aromatic heterocycles. The van der Waals surface area contributed by atoms with Crippen LogP contribution in [0.15, 0.2) is 48.8 Å². The highest BCUT2D eigenvalue weighted by atomic mass is 32.1. The molecular formula is C20H21N5OS. The van der Waals surface area contributed by atoms with E-state index in [1.165, 1.54) is 11.3 Å². The zero-order valence-corrected chi connectivity index (χ0v) is 15.9. The topological polar surface area (TPSA) is 71.0 Å². The average molecular weight is 379 g/mol. The van der Waals surface area contributed by atoms with Crippen molar-refractivity contribution in [2.45, 2.75) is 25.7 Å². The summed E-state index contributed by atoms with van der Waals surface area (Å²) in [6, 6.07) is 11.9. The molecule has 3 aromatic rings. The van der Waals surface area contributed by atoms with E-state index in [-0.39, 0.29) is 5.91 Å². The van der Waals surface area contributed by atoms with Crippen LogP contribution in [-0.2, 0) is 0 Å². The van der Waals surface area contributed by atoms with E-state index in [9.17, 15) is 4.79 Å². The quantitative estimate of drug-likeness (QED) is 0.742. The number of amides is 1. The molecule has 1 aliphatic rings. The van der Waals surface area contributed by atoms with Gasteiger partial charge in [-0.15, -0.1) is 11.3 Å². The largest absolute Gasteiger partial charge is 0.338 e. The minimum Gasteiger partial charge on any atom is -0.338 e. The van der Waals surface area contributed by atoms with Crippen molar-refractivity contribution in [1.82, 2.24) is 19.9 Å². The second kappa shape index (κ2) is 7.84. The van der Waals surface area contributed by atoms with Crippen molar-refractivity contribution in [3.63, 3.8) is 0 Å². The van der Waals surface area contributed by atoms with Crippen LogP contribution in [-0.4, -0.2) is 38.8 Å². The maximum absolute atomic E-state index is 12.6. The van der Waals surface area contributed by atoms with Gasteiger partial charge in [-0.3, -0.25) is 4.79 Å². The van der Waals surface area contributed by atoms with Crippen LogP contribution in [0.5, 0.6) is 0 Å². The van der Waals surface area contributed by atoms with Gasteiger partial charge >= 0.3 is 0 Å². The highest BCUT2D eigenvalue weighted by Gasteiger charge is 2.26. The van der Waals surface area contributed by atoms with Gasteiger partial charge in [0.2, 0.25) is 5.95 Å². The fourth-order valence-electron chi connectivity index (χ4n) is 3.31. The summed E-state index contributed by atoms with van der Waals surface area (Å²) < 4.78 is 0. The van der Waals surface area contributed by atoms with E-state index in [0.717, 1.165) is 47.2 Å². The standard InChI is InChI=1S/C20H21N5OS/c1-14-22-13-18(27-14)19(26)25-11-8-15(9-12-25)17-7-10-21-20(24-17)23-16-5-3-2-4-6-16/h2-7,10,13,15H,8-9,11-12H2,1H3,(H,21,23,24). The Morgan fingerprint density at radius 3 is 2.63 bits per heavy atom. The fourth-order valence-corrected chi connectivity index (χ4v) is 4.05. The van der Waals surface area contributed by atoms with Gasteiger partial charge in [-0.1, -0.05) is 18.2 Å². The van der Waals surface area contributed by atoms with Crippen LogP contribution in [0.25, 0.3) is 0 Å². The third-order valence-electron chi connectivity index (χ3n) is 4.74. The first-order valence-electron chi connectivity index (χ1n) is 9.06. The minimum absolute atomic E-state index is 0.0909. The number of carbonyl (C=O) groups is 1. The van der Waals surface area contributed by atoms with E-state index in [1.54, 1.807) is 12.4 Å². The van der Waals surface area contributed by atoms with Crippen molar-refractivity contribution in [3.05, 3.63) is 64.4 Å². The van der Waals surface area contributed by atoms with Crippen LogP contribution in [0.2, 0.25) is 0 Å². The van der Waals surface area contributed by atoms with Crippen molar-refractivity contribution >= 4 is 28.9 Å². The van der Waals surface area contributed by atoms with Gasteiger partial charge in [0.15, 0.2) is 0 Å². The SMILES string of the molecule is Cc1ncc(C(=O)N2CCC(c3ccnc(Nc4ccccc4)n3)CC2)s1. The van der Waals surface area contributed by atoms with Crippen molar-refractivity contribution in [2.75, 3.05) is 18.4 Å². The zero-order chi connectivity index (χ0) is 18.6. The number of piperidine rings is 1. The molecule has 7 heteroatoms. The lowest BCUT2D eigenvalue weighted by Gasteiger charge is -2.31. The number of aryl methyl sites for hydroxylation is 1. The molecule has 1 aromatic carbocycles. The summed E-state index contributed by atoms with van der Waals surface area (Å²) in [6.45, 7) is 3.40. The molecule has 0 unspecified atom stereocenters. The van der Waals surface area contributed by atoms with Crippen LogP contribution < -0.4 is 5.32 Å². The number of para-hydroxylation sites is 1. The van der Waals surface area contributed by atoms with E-state index in [0.29, 0.717) is 11.9 Å². The highest BCUT2D eigenvalue weighted by molar-refractivity contribution is 7.13. The molecule has 27 heavy (non-hydrogen) atoms. The third kappa shape index (κ3) is 4.14. The molecule has 3 heterocycles. The molecule has 4 rings (SSSR count). The van der Waals surface area contributed by atoms with Crippen molar-refractivity contribution < 1.29 is 4.79 Å². The molecule has 138 valence electrons. The number of hydrogen-bond acceptors (Lipinski definition) is 6. The Labute approximate surface area is 162 Å². The summed E-state index contributed by atoms with van der Waals surface area (Å²) in [5.41, 5.74) is 2.00. The van der Waals surface area contributed by atoms with Gasteiger partial charge in [0.25, 0.3) is 5.91 Å². The number of anilines is 2. The minimum atomic E-state index is 0.0909. The highest BCUT2D eigenvalue weighted by Crippen LogP contribution is 2.28. The van der Waals surface area contributed by atoms with Crippen LogP contribution in [0.3, 0.4) is 0 Å². The Bertz CT molecular complexity index is 919. The van der Waals surface area contributed by atoms with Gasteiger partial charge in [-0.05, 0) is 38.0 Å². The molecule has 1 amide bonds. The maximum atomic E-state index is 12.6. The number of benzene rings is 1. The second-order valence-corrected chi connectivity index (χ2v) is 7.84. The predicted octanol–water partition coefficient (Wildman–Crippen LogP) is 4.00. The lowest BCUT2D eigenvalue weighted by Crippen LogP contribution is -2.37. The number of likely N-dealkylation sites (tertiary alicyclic amines) is 1. The summed E-state index contributed by atoms with van der Waals surface area (Å²) in [5.74, 6) is 1.04. The fraction of sp³-hybridized carbons (Fsp3) is 0.300. The van der Waals surface area contributed by atoms with Gasteiger partial charge in [-0.25, -0.2) is 15.0 Å². The molecule has 0 bridgehead atoms. The Kier molecular flexibility index (Phi) is 5.11. The van der Waals surface area contributed by atoms with Crippen LogP contribution in [0.1, 0.15) is 39.1 Å². The maximum Gasteiger partial charge on any atom is 0.265 e. The van der Waals surface area contributed by atoms with Crippen LogP contribution in [0, 0.1) is 6.92 Å². The van der Waals surface area contributed by atoms with Gasteiger partial charge in [0.1, 0.15) is 4.88 Å². The number of thiazole rings is 1. The molecule has 1 fully saturated rings. The lowest BCUT2D eigenvalue weighted by atomic mass is 9.93. The first kappa shape index (κ1) is 17.6. The molecular weight excluding hydrogens is 358 g/mol. The molecule has 0 saturated carbocycles. The molecule has 0 aliphatic carbocycles. The van der Waals surface area contributed by atoms with E-state index in [2.05, 4.69) is 20.3 Å². The monoisotopic (exact) mass is 379 g/mol. The molecule has 1 N–H and O–H groups in total. The first-order chi connectivity index (χ1) is 13.2. The van der Waals surface area contributed by atoms with Crippen LogP contribution in [0.4, 0.5) is 11.6 Å². The zero-order valence-electron chi connectivity index (χ0n) is 15.1. The number of nitrogens with one attached hydrogen (secondary N) is 1. The smallest absolute Gasteiger partial charge is 0.265 e. The lowest BCUT2D eigenvalue weighted by molar-refractivity contribution is 0.0716. The Hall–Kier alpha value is -2.80. The van der Waals surface area contributed by atoms with Crippen molar-refractivity contribution in [3.8, 4) is 0 Å². The summed E-state index contributed by atoms with van der Waals surface area (Å²) >= 11 is 1.46. The van der Waals surface area contributed by atoms with E-state index in [1.807, 2.05) is 48.2 Å². The molecule has 0 spiro atoms. The summed E-state index contributed by atoms with van der Waals surface area (Å²) in [5, 5.41) is 4.17. The Morgan fingerprint density at radius 1 is 1.15 bits per heavy atom. The summed E-state index contributed by atoms with van der Waals surface area (Å²) in [7, 11) is 0. The van der Waals surface area contributed by atoms with Gasteiger partial charge < -0.3 is 10.2 Å². The van der Waals surface area contributed by atoms with Gasteiger partial charge in [-0.2, -0.15) is 0 Å². The first-order valence-corrected chi connectivity index (χ1v) is 9.87. The van der Waals surface area contributed by atoms with Gasteiger partial charge in [0, 0.05) is 36.6 Å². The molecule has 1 saturated heterocycles. The van der Waals surface area contributed by atoms with E-state index in [4.69, 9.17) is 0 Å². The molecule has 6 nitrogen and oxygen atoms in total. The third-order valence-corrected chi connectivity index (χ3v) is 5.64. The van der Waals surface area contributed by atoms with E-state index < -0.39 is 0 Å². The summed E-state index contributed by atoms with van der Waals surface area (Å²) in [4.78, 5) is 28.4.